The molecule has 0 bridgehead atoms. The Morgan fingerprint density at radius 2 is 1.21 bits per heavy atom. The van der Waals surface area contributed by atoms with Gasteiger partial charge in [0, 0.05) is 5.82 Å². The summed E-state index contributed by atoms with van der Waals surface area (Å²) >= 11 is 0. The van der Waals surface area contributed by atoms with Gasteiger partial charge in [0.05, 0.1) is 36.5 Å². The fraction of sp³-hybridized carbons (Fsp3) is 0.258. The molecule has 3 atom stereocenters. The van der Waals surface area contributed by atoms with Crippen molar-refractivity contribution in [3.63, 3.8) is 0 Å². The summed E-state index contributed by atoms with van der Waals surface area (Å²) in [4.78, 5) is 39.6. The average molecular weight is 595 g/mol. The van der Waals surface area contributed by atoms with Crippen LogP contribution in [0.15, 0.2) is 103 Å². The van der Waals surface area contributed by atoms with Crippen LogP contribution in [0.2, 0.25) is 0 Å². The summed E-state index contributed by atoms with van der Waals surface area (Å²) in [5.41, 5.74) is -1.29. The number of carbonyl (C=O) groups excluding carboxylic acids is 3. The van der Waals surface area contributed by atoms with Gasteiger partial charge >= 0.3 is 25.5 Å². The Morgan fingerprint density at radius 1 is 0.762 bits per heavy atom. The Hall–Kier alpha value is -4.08. The van der Waals surface area contributed by atoms with Crippen molar-refractivity contribution >= 4 is 25.5 Å². The first-order valence-corrected chi connectivity index (χ1v) is 14.9. The second-order valence-corrected chi connectivity index (χ2v) is 10.9. The third kappa shape index (κ3) is 7.60. The molecule has 0 saturated carbocycles. The number of benzene rings is 3. The predicted octanol–water partition coefficient (Wildman–Crippen LogP) is 5.80. The van der Waals surface area contributed by atoms with Crippen molar-refractivity contribution in [3.05, 3.63) is 120 Å². The fourth-order valence-corrected chi connectivity index (χ4v) is 5.54. The molecule has 1 aliphatic heterocycles. The minimum atomic E-state index is -3.82. The molecular weight excluding hydrogens is 563 g/mol. The summed E-state index contributed by atoms with van der Waals surface area (Å²) < 4.78 is 47.3. The average Bonchev–Trinajstić information content (AvgIpc) is 3.33. The smallest absolute Gasteiger partial charge is 0.353 e. The molecule has 1 saturated heterocycles. The standard InChI is InChI=1S/C31H31O10P/c1-3-37-42(35,38-4-2)21-20-31(41-29(34)25-18-12-7-13-19-25)22-36-30(40-28(33)24-16-10-6-11-17-24)26(31)39-27(32)23-14-8-5-9-15-23/h5-21,26,30H,3-4,22H2,1-2H3/b21-20+/t26-,30-,31+/m0/s1. The maximum absolute atomic E-state index is 13.4. The summed E-state index contributed by atoms with van der Waals surface area (Å²) in [5.74, 6) is -1.21. The zero-order chi connectivity index (χ0) is 30.0. The van der Waals surface area contributed by atoms with Crippen molar-refractivity contribution in [2.75, 3.05) is 19.8 Å². The zero-order valence-electron chi connectivity index (χ0n) is 23.1. The second kappa shape index (κ2) is 14.2. The minimum Gasteiger partial charge on any atom is -0.447 e. The van der Waals surface area contributed by atoms with Crippen LogP contribution in [0.1, 0.15) is 44.9 Å². The van der Waals surface area contributed by atoms with E-state index >= 15 is 0 Å². The molecule has 0 radical (unpaired) electrons. The van der Waals surface area contributed by atoms with Crippen molar-refractivity contribution < 1.29 is 46.9 Å². The van der Waals surface area contributed by atoms with E-state index in [2.05, 4.69) is 0 Å². The first kappa shape index (κ1) is 30.9. The topological polar surface area (TPSA) is 124 Å². The molecule has 0 N–H and O–H groups in total. The van der Waals surface area contributed by atoms with Gasteiger partial charge in [0.15, 0.2) is 5.60 Å². The van der Waals surface area contributed by atoms with E-state index in [0.717, 1.165) is 5.82 Å². The van der Waals surface area contributed by atoms with Gasteiger partial charge in [-0.1, -0.05) is 54.6 Å². The molecule has 11 heteroatoms. The molecule has 0 amide bonds. The molecule has 220 valence electrons. The summed E-state index contributed by atoms with van der Waals surface area (Å²) in [6.45, 7) is 3.01. The molecule has 0 aliphatic carbocycles. The van der Waals surface area contributed by atoms with Crippen LogP contribution in [0.3, 0.4) is 0 Å². The molecular formula is C31H31O10P. The summed E-state index contributed by atoms with van der Waals surface area (Å²) in [6.07, 6.45) is -1.77. The number of ether oxygens (including phenoxy) is 4. The lowest BCUT2D eigenvalue weighted by Gasteiger charge is -2.31. The normalized spacial score (nSPS) is 20.2. The Kier molecular flexibility index (Phi) is 10.4. The minimum absolute atomic E-state index is 0.0681. The van der Waals surface area contributed by atoms with Crippen LogP contribution in [0.25, 0.3) is 0 Å². The maximum Gasteiger partial charge on any atom is 0.353 e. The Balaban J connectivity index is 1.76. The van der Waals surface area contributed by atoms with Crippen LogP contribution >= 0.6 is 7.60 Å². The molecule has 10 nitrogen and oxygen atoms in total. The van der Waals surface area contributed by atoms with Crippen LogP contribution < -0.4 is 0 Å². The highest BCUT2D eigenvalue weighted by atomic mass is 31.2. The molecule has 42 heavy (non-hydrogen) atoms. The highest BCUT2D eigenvalue weighted by Gasteiger charge is 2.57. The van der Waals surface area contributed by atoms with Crippen LogP contribution in [0.4, 0.5) is 0 Å². The molecule has 1 fully saturated rings. The quantitative estimate of drug-likeness (QED) is 0.144. The van der Waals surface area contributed by atoms with Crippen molar-refractivity contribution in [1.29, 1.82) is 0 Å². The Morgan fingerprint density at radius 3 is 1.69 bits per heavy atom. The molecule has 0 aromatic heterocycles. The maximum atomic E-state index is 13.4. The number of hydrogen-bond donors (Lipinski definition) is 0. The summed E-state index contributed by atoms with van der Waals surface area (Å²) in [7, 11) is -3.82. The van der Waals surface area contributed by atoms with Crippen molar-refractivity contribution in [3.8, 4) is 0 Å². The number of hydrogen-bond acceptors (Lipinski definition) is 10. The molecule has 0 unspecified atom stereocenters. The van der Waals surface area contributed by atoms with Gasteiger partial charge in [0.1, 0.15) is 0 Å². The Bertz CT molecular complexity index is 1420. The Labute approximate surface area is 243 Å². The van der Waals surface area contributed by atoms with E-state index in [-0.39, 0.29) is 29.9 Å². The van der Waals surface area contributed by atoms with Crippen LogP contribution in [-0.4, -0.2) is 55.7 Å². The van der Waals surface area contributed by atoms with E-state index < -0.39 is 50.1 Å². The third-order valence-corrected chi connectivity index (χ3v) is 7.88. The van der Waals surface area contributed by atoms with Gasteiger partial charge in [-0.05, 0) is 56.3 Å². The lowest BCUT2D eigenvalue weighted by molar-refractivity contribution is -0.129. The van der Waals surface area contributed by atoms with Crippen LogP contribution in [0, 0.1) is 0 Å². The first-order valence-electron chi connectivity index (χ1n) is 13.3. The highest BCUT2D eigenvalue weighted by Crippen LogP contribution is 2.51. The van der Waals surface area contributed by atoms with E-state index in [1.807, 2.05) is 0 Å². The summed E-state index contributed by atoms with van der Waals surface area (Å²) in [6, 6.07) is 24.4. The third-order valence-electron chi connectivity index (χ3n) is 6.13. The molecule has 3 aromatic carbocycles. The van der Waals surface area contributed by atoms with E-state index in [9.17, 15) is 18.9 Å². The molecule has 1 aliphatic rings. The zero-order valence-corrected chi connectivity index (χ0v) is 24.0. The lowest BCUT2D eigenvalue weighted by atomic mass is 9.98. The van der Waals surface area contributed by atoms with Gasteiger partial charge in [0.25, 0.3) is 0 Å². The monoisotopic (exact) mass is 594 g/mol. The number of rotatable bonds is 12. The molecule has 3 aromatic rings. The lowest BCUT2D eigenvalue weighted by Crippen LogP contribution is -2.49. The van der Waals surface area contributed by atoms with Crippen molar-refractivity contribution in [2.24, 2.45) is 0 Å². The predicted molar refractivity (Wildman–Crippen MR) is 152 cm³/mol. The first-order chi connectivity index (χ1) is 20.3. The number of esters is 3. The van der Waals surface area contributed by atoms with Crippen molar-refractivity contribution in [2.45, 2.75) is 31.8 Å². The van der Waals surface area contributed by atoms with Gasteiger partial charge < -0.3 is 28.0 Å². The molecule has 1 heterocycles. The van der Waals surface area contributed by atoms with E-state index in [0.29, 0.717) is 0 Å². The highest BCUT2D eigenvalue weighted by molar-refractivity contribution is 7.57. The SMILES string of the molecule is CCOP(=O)(/C=C/[C@@]1(OC(=O)c2ccccc2)CO[C@@H](OC(=O)c2ccccc2)[C@@H]1OC(=O)c1ccccc1)OCC. The van der Waals surface area contributed by atoms with Gasteiger partial charge in [-0.15, -0.1) is 0 Å². The van der Waals surface area contributed by atoms with Crippen LogP contribution in [0.5, 0.6) is 0 Å². The van der Waals surface area contributed by atoms with Gasteiger partial charge in [-0.3, -0.25) is 4.57 Å². The van der Waals surface area contributed by atoms with Gasteiger partial charge in [-0.25, -0.2) is 14.4 Å². The van der Waals surface area contributed by atoms with Gasteiger partial charge in [-0.2, -0.15) is 0 Å². The van der Waals surface area contributed by atoms with E-state index in [1.165, 1.54) is 18.2 Å². The van der Waals surface area contributed by atoms with E-state index in [4.69, 9.17) is 28.0 Å². The van der Waals surface area contributed by atoms with Crippen LogP contribution in [-0.2, 0) is 32.6 Å². The second-order valence-electron chi connectivity index (χ2n) is 9.04. The summed E-state index contributed by atoms with van der Waals surface area (Å²) in [5, 5.41) is 0. The fourth-order valence-electron chi connectivity index (χ4n) is 4.14. The number of carbonyl (C=O) groups is 3. The molecule has 0 spiro atoms. The largest absolute Gasteiger partial charge is 0.447 e. The molecule has 4 rings (SSSR count). The van der Waals surface area contributed by atoms with E-state index in [1.54, 1.807) is 92.7 Å². The van der Waals surface area contributed by atoms with Gasteiger partial charge in [0.2, 0.25) is 12.4 Å². The van der Waals surface area contributed by atoms with Crippen molar-refractivity contribution in [1.82, 2.24) is 0 Å².